The van der Waals surface area contributed by atoms with Gasteiger partial charge in [0.2, 0.25) is 0 Å². The van der Waals surface area contributed by atoms with E-state index in [-0.39, 0.29) is 0 Å². The van der Waals surface area contributed by atoms with Gasteiger partial charge in [-0.15, -0.1) is 0 Å². The molecule has 1 aliphatic heterocycles. The molecule has 1 aliphatic rings. The third kappa shape index (κ3) is 3.67. The molecular weight excluding hydrogens is 272 g/mol. The van der Waals surface area contributed by atoms with Crippen LogP contribution in [0.1, 0.15) is 30.9 Å². The van der Waals surface area contributed by atoms with Crippen molar-refractivity contribution in [2.75, 3.05) is 19.6 Å². The molecule has 1 unspecified atom stereocenters. The molecule has 0 aliphatic carbocycles. The smallest absolute Gasteiger partial charge is 0.127 e. The van der Waals surface area contributed by atoms with Crippen molar-refractivity contribution in [2.24, 2.45) is 5.73 Å². The molecule has 1 saturated heterocycles. The van der Waals surface area contributed by atoms with Crippen molar-refractivity contribution in [1.29, 1.82) is 0 Å². The fourth-order valence-electron chi connectivity index (χ4n) is 3.11. The van der Waals surface area contributed by atoms with Gasteiger partial charge in [0.15, 0.2) is 0 Å². The molecule has 0 amide bonds. The largest absolute Gasteiger partial charge is 0.457 e. The van der Waals surface area contributed by atoms with Crippen molar-refractivity contribution >= 4 is 0 Å². The average molecular weight is 296 g/mol. The highest BCUT2D eigenvalue weighted by Gasteiger charge is 2.20. The average Bonchev–Trinajstić information content (AvgIpc) is 2.59. The molecule has 0 saturated carbocycles. The summed E-state index contributed by atoms with van der Waals surface area (Å²) in [6, 6.07) is 18.6. The maximum atomic E-state index is 6.02. The lowest BCUT2D eigenvalue weighted by Gasteiger charge is -2.34. The van der Waals surface area contributed by atoms with Crippen molar-refractivity contribution in [3.63, 3.8) is 0 Å². The summed E-state index contributed by atoms with van der Waals surface area (Å²) in [4.78, 5) is 2.51. The number of hydrogen-bond donors (Lipinski definition) is 1. The van der Waals surface area contributed by atoms with Crippen LogP contribution in [0.25, 0.3) is 0 Å². The second-order valence-corrected chi connectivity index (χ2v) is 5.83. The Morgan fingerprint density at radius 2 is 1.50 bits per heavy atom. The predicted octanol–water partition coefficient (Wildman–Crippen LogP) is 3.96. The number of rotatable bonds is 5. The summed E-state index contributed by atoms with van der Waals surface area (Å²) in [5.41, 5.74) is 7.31. The van der Waals surface area contributed by atoms with E-state index in [1.54, 1.807) is 0 Å². The van der Waals surface area contributed by atoms with E-state index in [0.717, 1.165) is 24.6 Å². The van der Waals surface area contributed by atoms with E-state index in [0.29, 0.717) is 12.6 Å². The molecule has 0 spiro atoms. The van der Waals surface area contributed by atoms with Gasteiger partial charge in [-0.3, -0.25) is 4.90 Å². The molecule has 1 fully saturated rings. The van der Waals surface area contributed by atoms with Crippen LogP contribution in [0, 0.1) is 0 Å². The number of hydrogen-bond acceptors (Lipinski definition) is 3. The highest BCUT2D eigenvalue weighted by Crippen LogP contribution is 2.27. The number of likely N-dealkylation sites (tertiary alicyclic amines) is 1. The molecular formula is C19H24N2O. The van der Waals surface area contributed by atoms with Crippen LogP contribution in [0.15, 0.2) is 54.6 Å². The molecule has 0 bridgehead atoms. The zero-order valence-electron chi connectivity index (χ0n) is 12.9. The summed E-state index contributed by atoms with van der Waals surface area (Å²) in [7, 11) is 0. The standard InChI is InChI=1S/C19H24N2O/c20-15-19(21-13-5-2-6-14-21)16-9-11-18(12-10-16)22-17-7-3-1-4-8-17/h1,3-4,7-12,19H,2,5-6,13-15,20H2. The van der Waals surface area contributed by atoms with Gasteiger partial charge in [-0.1, -0.05) is 36.8 Å². The van der Waals surface area contributed by atoms with E-state index in [2.05, 4.69) is 17.0 Å². The van der Waals surface area contributed by atoms with Crippen LogP contribution in [-0.4, -0.2) is 24.5 Å². The molecule has 1 atom stereocenters. The second-order valence-electron chi connectivity index (χ2n) is 5.83. The Labute approximate surface area is 132 Å². The van der Waals surface area contributed by atoms with E-state index < -0.39 is 0 Å². The minimum atomic E-state index is 0.325. The maximum absolute atomic E-state index is 6.02. The van der Waals surface area contributed by atoms with Crippen molar-refractivity contribution in [3.8, 4) is 11.5 Å². The Kier molecular flexibility index (Phi) is 5.09. The molecule has 1 heterocycles. The highest BCUT2D eigenvalue weighted by atomic mass is 16.5. The number of benzene rings is 2. The van der Waals surface area contributed by atoms with Gasteiger partial charge in [0, 0.05) is 12.6 Å². The lowest BCUT2D eigenvalue weighted by molar-refractivity contribution is 0.167. The quantitative estimate of drug-likeness (QED) is 0.907. The topological polar surface area (TPSA) is 38.5 Å². The molecule has 22 heavy (non-hydrogen) atoms. The fraction of sp³-hybridized carbons (Fsp3) is 0.368. The highest BCUT2D eigenvalue weighted by molar-refractivity contribution is 5.34. The van der Waals surface area contributed by atoms with E-state index in [4.69, 9.17) is 10.5 Å². The van der Waals surface area contributed by atoms with Crippen LogP contribution in [0.3, 0.4) is 0 Å². The second kappa shape index (κ2) is 7.43. The minimum absolute atomic E-state index is 0.325. The molecule has 0 aromatic heterocycles. The Hall–Kier alpha value is -1.84. The van der Waals surface area contributed by atoms with Gasteiger partial charge in [0.1, 0.15) is 11.5 Å². The molecule has 3 nitrogen and oxygen atoms in total. The first-order valence-corrected chi connectivity index (χ1v) is 8.14. The van der Waals surface area contributed by atoms with Gasteiger partial charge >= 0.3 is 0 Å². The van der Waals surface area contributed by atoms with Crippen LogP contribution in [0.4, 0.5) is 0 Å². The molecule has 2 N–H and O–H groups in total. The number of para-hydroxylation sites is 1. The normalized spacial score (nSPS) is 17.1. The lowest BCUT2D eigenvalue weighted by Crippen LogP contribution is -2.37. The molecule has 2 aromatic rings. The van der Waals surface area contributed by atoms with Crippen LogP contribution in [0.5, 0.6) is 11.5 Å². The Morgan fingerprint density at radius 1 is 0.864 bits per heavy atom. The first kappa shape index (κ1) is 15.1. The van der Waals surface area contributed by atoms with E-state index in [1.165, 1.54) is 24.8 Å². The van der Waals surface area contributed by atoms with Crippen molar-refractivity contribution in [1.82, 2.24) is 4.90 Å². The Balaban J connectivity index is 1.69. The van der Waals surface area contributed by atoms with Gasteiger partial charge in [0.25, 0.3) is 0 Å². The summed E-state index contributed by atoms with van der Waals surface area (Å²) < 4.78 is 5.85. The predicted molar refractivity (Wildman–Crippen MR) is 90.2 cm³/mol. The Bertz CT molecular complexity index is 562. The summed E-state index contributed by atoms with van der Waals surface area (Å²) in [5.74, 6) is 1.73. The first-order valence-electron chi connectivity index (χ1n) is 8.14. The van der Waals surface area contributed by atoms with Gasteiger partial charge in [-0.25, -0.2) is 0 Å². The Morgan fingerprint density at radius 3 is 2.14 bits per heavy atom. The van der Waals surface area contributed by atoms with Crippen molar-refractivity contribution < 1.29 is 4.74 Å². The van der Waals surface area contributed by atoms with Crippen molar-refractivity contribution in [2.45, 2.75) is 25.3 Å². The number of nitrogens with two attached hydrogens (primary N) is 1. The first-order chi connectivity index (χ1) is 10.9. The van der Waals surface area contributed by atoms with Crippen LogP contribution >= 0.6 is 0 Å². The van der Waals surface area contributed by atoms with Crippen LogP contribution in [0.2, 0.25) is 0 Å². The summed E-state index contributed by atoms with van der Waals surface area (Å²) in [6.45, 7) is 2.98. The zero-order chi connectivity index (χ0) is 15.2. The molecule has 116 valence electrons. The van der Waals surface area contributed by atoms with Crippen LogP contribution in [-0.2, 0) is 0 Å². The third-order valence-corrected chi connectivity index (χ3v) is 4.30. The van der Waals surface area contributed by atoms with E-state index in [9.17, 15) is 0 Å². The summed E-state index contributed by atoms with van der Waals surface area (Å²) in [5, 5.41) is 0. The minimum Gasteiger partial charge on any atom is -0.457 e. The molecule has 3 rings (SSSR count). The number of nitrogens with zero attached hydrogens (tertiary/aromatic N) is 1. The summed E-state index contributed by atoms with van der Waals surface area (Å²) >= 11 is 0. The lowest BCUT2D eigenvalue weighted by atomic mass is 10.0. The SMILES string of the molecule is NCC(c1ccc(Oc2ccccc2)cc1)N1CCCCC1. The fourth-order valence-corrected chi connectivity index (χ4v) is 3.11. The van der Waals surface area contributed by atoms with Crippen molar-refractivity contribution in [3.05, 3.63) is 60.2 Å². The van der Waals surface area contributed by atoms with Gasteiger partial charge in [0.05, 0.1) is 0 Å². The van der Waals surface area contributed by atoms with E-state index >= 15 is 0 Å². The third-order valence-electron chi connectivity index (χ3n) is 4.30. The van der Waals surface area contributed by atoms with Crippen LogP contribution < -0.4 is 10.5 Å². The molecule has 2 aromatic carbocycles. The maximum Gasteiger partial charge on any atom is 0.127 e. The molecule has 0 radical (unpaired) electrons. The molecule has 3 heteroatoms. The van der Waals surface area contributed by atoms with Gasteiger partial charge < -0.3 is 10.5 Å². The number of piperidine rings is 1. The monoisotopic (exact) mass is 296 g/mol. The van der Waals surface area contributed by atoms with E-state index in [1.807, 2.05) is 42.5 Å². The van der Waals surface area contributed by atoms with Gasteiger partial charge in [-0.2, -0.15) is 0 Å². The zero-order valence-corrected chi connectivity index (χ0v) is 12.9. The summed E-state index contributed by atoms with van der Waals surface area (Å²) in [6.07, 6.45) is 3.91. The number of ether oxygens (including phenoxy) is 1. The van der Waals surface area contributed by atoms with Gasteiger partial charge in [-0.05, 0) is 55.8 Å².